The lowest BCUT2D eigenvalue weighted by atomic mass is 10.1. The lowest BCUT2D eigenvalue weighted by Crippen LogP contribution is -2.16. The van der Waals surface area contributed by atoms with Gasteiger partial charge in [-0.25, -0.2) is 4.39 Å². The largest absolute Gasteiger partial charge is 0.497 e. The van der Waals surface area contributed by atoms with Gasteiger partial charge in [0, 0.05) is 5.69 Å². The molecule has 0 unspecified atom stereocenters. The first-order valence-corrected chi connectivity index (χ1v) is 8.27. The Hall–Kier alpha value is -3.35. The van der Waals surface area contributed by atoms with E-state index in [1.165, 1.54) is 18.2 Å². The van der Waals surface area contributed by atoms with Crippen LogP contribution < -0.4 is 14.8 Å². The summed E-state index contributed by atoms with van der Waals surface area (Å²) in [6, 6.07) is 11.2. The molecule has 0 fully saturated rings. The number of amides is 1. The molecule has 0 aliphatic rings. The normalized spacial score (nSPS) is 10.5. The average molecular weight is 370 g/mol. The number of halogens is 1. The minimum atomic E-state index is -0.449. The summed E-state index contributed by atoms with van der Waals surface area (Å²) in [5.74, 6) is 1.02. The molecule has 0 saturated carbocycles. The van der Waals surface area contributed by atoms with Gasteiger partial charge >= 0.3 is 0 Å². The fourth-order valence-corrected chi connectivity index (χ4v) is 2.52. The molecule has 1 heterocycles. The Balaban J connectivity index is 1.74. The number of hydrogen-bond acceptors (Lipinski definition) is 5. The third kappa shape index (κ3) is 4.25. The van der Waals surface area contributed by atoms with Gasteiger partial charge in [-0.3, -0.25) is 4.79 Å². The van der Waals surface area contributed by atoms with Crippen LogP contribution in [0.1, 0.15) is 27.4 Å². The summed E-state index contributed by atoms with van der Waals surface area (Å²) in [5, 5.41) is 6.56. The Kier molecular flexibility index (Phi) is 5.40. The molecule has 0 saturated heterocycles. The Morgan fingerprint density at radius 2 is 1.85 bits per heavy atom. The minimum Gasteiger partial charge on any atom is -0.497 e. The molecular weight excluding hydrogens is 351 g/mol. The van der Waals surface area contributed by atoms with E-state index in [4.69, 9.17) is 14.0 Å². The highest BCUT2D eigenvalue weighted by atomic mass is 19.1. The predicted molar refractivity (Wildman–Crippen MR) is 97.7 cm³/mol. The van der Waals surface area contributed by atoms with Crippen LogP contribution >= 0.6 is 0 Å². The third-order valence-electron chi connectivity index (χ3n) is 4.08. The van der Waals surface area contributed by atoms with Crippen molar-refractivity contribution in [1.29, 1.82) is 0 Å². The Morgan fingerprint density at radius 3 is 2.52 bits per heavy atom. The number of hydrogen-bond donors (Lipinski definition) is 1. The van der Waals surface area contributed by atoms with Crippen molar-refractivity contribution < 1.29 is 23.2 Å². The number of nitrogens with zero attached hydrogens (tertiary/aromatic N) is 1. The first-order chi connectivity index (χ1) is 13.0. The molecule has 0 bridgehead atoms. The second-order valence-corrected chi connectivity index (χ2v) is 5.94. The van der Waals surface area contributed by atoms with Crippen molar-refractivity contribution in [2.75, 3.05) is 12.4 Å². The number of nitrogens with one attached hydrogen (secondary N) is 1. The number of aryl methyl sites for hydroxylation is 2. The third-order valence-corrected chi connectivity index (χ3v) is 4.08. The minimum absolute atomic E-state index is 0.118. The lowest BCUT2D eigenvalue weighted by Gasteiger charge is -2.09. The zero-order valence-corrected chi connectivity index (χ0v) is 15.2. The molecule has 0 aliphatic carbocycles. The Bertz CT molecular complexity index is 951. The van der Waals surface area contributed by atoms with Crippen LogP contribution in [-0.2, 0) is 6.61 Å². The maximum atomic E-state index is 13.2. The molecule has 0 radical (unpaired) electrons. The number of carbonyl (C=O) groups excluding carboxylic acids is 1. The molecule has 0 aliphatic heterocycles. The van der Waals surface area contributed by atoms with Crippen LogP contribution in [0.2, 0.25) is 0 Å². The summed E-state index contributed by atoms with van der Waals surface area (Å²) in [5.41, 5.74) is 1.79. The van der Waals surface area contributed by atoms with Crippen LogP contribution in [0.25, 0.3) is 0 Å². The van der Waals surface area contributed by atoms with Crippen LogP contribution in [0.5, 0.6) is 11.5 Å². The first kappa shape index (κ1) is 18.4. The molecule has 6 nitrogen and oxygen atoms in total. The van der Waals surface area contributed by atoms with Crippen molar-refractivity contribution in [3.05, 3.63) is 70.9 Å². The average Bonchev–Trinajstić information content (AvgIpc) is 3.03. The number of aromatic nitrogens is 1. The van der Waals surface area contributed by atoms with E-state index < -0.39 is 5.91 Å². The van der Waals surface area contributed by atoms with Crippen molar-refractivity contribution in [2.24, 2.45) is 0 Å². The van der Waals surface area contributed by atoms with E-state index in [1.54, 1.807) is 45.2 Å². The van der Waals surface area contributed by atoms with Gasteiger partial charge in [-0.1, -0.05) is 5.16 Å². The van der Waals surface area contributed by atoms with E-state index in [-0.39, 0.29) is 18.1 Å². The topological polar surface area (TPSA) is 73.6 Å². The van der Waals surface area contributed by atoms with Crippen LogP contribution in [-0.4, -0.2) is 18.2 Å². The summed E-state index contributed by atoms with van der Waals surface area (Å²) in [7, 11) is 1.59. The fraction of sp³-hybridized carbons (Fsp3) is 0.200. The van der Waals surface area contributed by atoms with Crippen LogP contribution in [0.3, 0.4) is 0 Å². The summed E-state index contributed by atoms with van der Waals surface area (Å²) in [6.07, 6.45) is 0. The molecule has 1 amide bonds. The van der Waals surface area contributed by atoms with Crippen molar-refractivity contribution >= 4 is 11.6 Å². The number of methoxy groups -OCH3 is 1. The van der Waals surface area contributed by atoms with E-state index in [0.717, 1.165) is 5.75 Å². The van der Waals surface area contributed by atoms with Gasteiger partial charge in [-0.05, 0) is 61.9 Å². The maximum Gasteiger partial charge on any atom is 0.278 e. The molecule has 0 spiro atoms. The summed E-state index contributed by atoms with van der Waals surface area (Å²) in [4.78, 5) is 12.6. The van der Waals surface area contributed by atoms with Crippen LogP contribution in [0.4, 0.5) is 10.1 Å². The molecule has 1 N–H and O–H groups in total. The predicted octanol–water partition coefficient (Wildman–Crippen LogP) is 4.27. The fourth-order valence-electron chi connectivity index (χ4n) is 2.52. The number of ether oxygens (including phenoxy) is 2. The Labute approximate surface area is 155 Å². The summed E-state index contributed by atoms with van der Waals surface area (Å²) in [6.45, 7) is 3.53. The molecule has 7 heteroatoms. The van der Waals surface area contributed by atoms with Crippen molar-refractivity contribution in [2.45, 2.75) is 20.5 Å². The van der Waals surface area contributed by atoms with E-state index in [2.05, 4.69) is 10.5 Å². The SMILES string of the molecule is COc1ccc(OCc2c(C(=O)Nc3ccc(F)cc3C)noc2C)cc1. The zero-order chi connectivity index (χ0) is 19.4. The highest BCUT2D eigenvalue weighted by Crippen LogP contribution is 2.22. The van der Waals surface area contributed by atoms with Crippen LogP contribution in [0.15, 0.2) is 47.0 Å². The lowest BCUT2D eigenvalue weighted by molar-refractivity contribution is 0.101. The summed E-state index contributed by atoms with van der Waals surface area (Å²) >= 11 is 0. The van der Waals surface area contributed by atoms with Gasteiger partial charge in [0.15, 0.2) is 5.69 Å². The molecule has 3 aromatic rings. The smallest absolute Gasteiger partial charge is 0.278 e. The van der Waals surface area contributed by atoms with Crippen molar-refractivity contribution in [3.63, 3.8) is 0 Å². The second-order valence-electron chi connectivity index (χ2n) is 5.94. The van der Waals surface area contributed by atoms with Gasteiger partial charge in [0.05, 0.1) is 12.7 Å². The Morgan fingerprint density at radius 1 is 1.15 bits per heavy atom. The maximum absolute atomic E-state index is 13.2. The quantitative estimate of drug-likeness (QED) is 0.701. The van der Waals surface area contributed by atoms with E-state index >= 15 is 0 Å². The summed E-state index contributed by atoms with van der Waals surface area (Å²) < 4.78 is 29.2. The standard InChI is InChI=1S/C20H19FN2O4/c1-12-10-14(21)4-9-18(12)22-20(24)19-17(13(2)27-23-19)11-26-16-7-5-15(25-3)6-8-16/h4-10H,11H2,1-3H3,(H,22,24). The van der Waals surface area contributed by atoms with Crippen LogP contribution in [0, 0.1) is 19.7 Å². The molecule has 0 atom stereocenters. The monoisotopic (exact) mass is 370 g/mol. The second kappa shape index (κ2) is 7.90. The molecule has 27 heavy (non-hydrogen) atoms. The van der Waals surface area contributed by atoms with Gasteiger partial charge in [0.2, 0.25) is 0 Å². The number of anilines is 1. The molecular formula is C20H19FN2O4. The van der Waals surface area contributed by atoms with E-state index in [1.807, 2.05) is 0 Å². The van der Waals surface area contributed by atoms with E-state index in [9.17, 15) is 9.18 Å². The number of carbonyl (C=O) groups is 1. The van der Waals surface area contributed by atoms with Crippen molar-refractivity contribution in [3.8, 4) is 11.5 Å². The van der Waals surface area contributed by atoms with Gasteiger partial charge in [-0.2, -0.15) is 0 Å². The van der Waals surface area contributed by atoms with Gasteiger partial charge in [0.1, 0.15) is 29.7 Å². The number of rotatable bonds is 6. The van der Waals surface area contributed by atoms with Gasteiger partial charge in [-0.15, -0.1) is 0 Å². The molecule has 1 aromatic heterocycles. The highest BCUT2D eigenvalue weighted by Gasteiger charge is 2.21. The van der Waals surface area contributed by atoms with Gasteiger partial charge in [0.25, 0.3) is 5.91 Å². The highest BCUT2D eigenvalue weighted by molar-refractivity contribution is 6.04. The van der Waals surface area contributed by atoms with Gasteiger partial charge < -0.3 is 19.3 Å². The number of benzene rings is 2. The molecule has 140 valence electrons. The van der Waals surface area contributed by atoms with E-state index in [0.29, 0.717) is 28.3 Å². The van der Waals surface area contributed by atoms with Crippen molar-refractivity contribution in [1.82, 2.24) is 5.16 Å². The molecule has 3 rings (SSSR count). The first-order valence-electron chi connectivity index (χ1n) is 8.27. The molecule has 2 aromatic carbocycles. The zero-order valence-electron chi connectivity index (χ0n) is 15.2.